The first kappa shape index (κ1) is 16.7. The van der Waals surface area contributed by atoms with Crippen LogP contribution < -0.4 is 5.32 Å². The number of amides is 2. The third-order valence-electron chi connectivity index (χ3n) is 5.81. The Balaban J connectivity index is 1.34. The number of unbranched alkanes of at least 4 members (excludes halogenated alkanes) is 1. The molecule has 1 aliphatic carbocycles. The number of likely N-dealkylation sites (tertiary alicyclic amines) is 1. The number of nitrogens with one attached hydrogen (secondary N) is 1. The Labute approximate surface area is 138 Å². The predicted molar refractivity (Wildman–Crippen MR) is 86.8 cm³/mol. The molecule has 1 spiro atoms. The lowest BCUT2D eigenvalue weighted by molar-refractivity contribution is -0.136. The first-order chi connectivity index (χ1) is 11.0. The molecule has 0 aromatic rings. The average Bonchev–Trinajstić information content (AvgIpc) is 3.31. The maximum atomic E-state index is 12.3. The van der Waals surface area contributed by atoms with E-state index in [9.17, 15) is 14.7 Å². The molecule has 0 bridgehead atoms. The van der Waals surface area contributed by atoms with Crippen LogP contribution in [0.1, 0.15) is 45.4 Å². The first-order valence-electron chi connectivity index (χ1n) is 9.00. The second kappa shape index (κ2) is 6.77. The van der Waals surface area contributed by atoms with E-state index in [2.05, 4.69) is 5.32 Å². The van der Waals surface area contributed by atoms with Gasteiger partial charge in [-0.2, -0.15) is 0 Å². The van der Waals surface area contributed by atoms with E-state index in [1.54, 1.807) is 0 Å². The van der Waals surface area contributed by atoms with E-state index in [1.165, 1.54) is 0 Å². The topological polar surface area (TPSA) is 72.9 Å². The molecule has 0 aromatic heterocycles. The maximum Gasteiger partial charge on any atom is 0.239 e. The summed E-state index contributed by atoms with van der Waals surface area (Å²) in [5.74, 6) is 0.316. The predicted octanol–water partition coefficient (Wildman–Crippen LogP) is 0.350. The van der Waals surface area contributed by atoms with Crippen LogP contribution in [0.4, 0.5) is 0 Å². The van der Waals surface area contributed by atoms with Gasteiger partial charge in [0.1, 0.15) is 0 Å². The largest absolute Gasteiger partial charge is 0.391 e. The van der Waals surface area contributed by atoms with Crippen molar-refractivity contribution in [3.8, 4) is 0 Å². The quantitative estimate of drug-likeness (QED) is 0.716. The smallest absolute Gasteiger partial charge is 0.239 e. The molecule has 3 rings (SSSR count). The van der Waals surface area contributed by atoms with E-state index in [0.29, 0.717) is 13.0 Å². The van der Waals surface area contributed by atoms with E-state index < -0.39 is 0 Å². The second-order valence-electron chi connectivity index (χ2n) is 7.43. The fourth-order valence-electron chi connectivity index (χ4n) is 3.83. The Kier molecular flexibility index (Phi) is 4.92. The van der Waals surface area contributed by atoms with Gasteiger partial charge in [0.2, 0.25) is 11.8 Å². The van der Waals surface area contributed by atoms with Crippen LogP contribution in [-0.2, 0) is 9.59 Å². The minimum absolute atomic E-state index is 0.0880. The summed E-state index contributed by atoms with van der Waals surface area (Å²) >= 11 is 0. The van der Waals surface area contributed by atoms with Gasteiger partial charge in [0, 0.05) is 39.1 Å². The van der Waals surface area contributed by atoms with Gasteiger partial charge in [-0.3, -0.25) is 9.59 Å². The normalized spacial score (nSPS) is 29.9. The first-order valence-corrected chi connectivity index (χ1v) is 9.00. The molecule has 6 heteroatoms. The third-order valence-corrected chi connectivity index (χ3v) is 5.81. The van der Waals surface area contributed by atoms with E-state index in [1.807, 2.05) is 16.7 Å². The number of β-amino-alcohol motifs (C(OH)–C–C–N with tert-alkyl or cyclic N) is 1. The minimum Gasteiger partial charge on any atom is -0.391 e. The summed E-state index contributed by atoms with van der Waals surface area (Å²) in [7, 11) is 0. The van der Waals surface area contributed by atoms with Crippen molar-refractivity contribution >= 4 is 11.8 Å². The molecule has 3 fully saturated rings. The molecule has 2 saturated heterocycles. The molecule has 2 heterocycles. The number of piperidine rings is 1. The van der Waals surface area contributed by atoms with Gasteiger partial charge >= 0.3 is 0 Å². The SMILES string of the molecule is C[C@@H]1NCCN(CCCCC(=O)N2CCC3(CC3)[C@H](O)C2)C1=O. The van der Waals surface area contributed by atoms with Crippen molar-refractivity contribution in [2.45, 2.75) is 57.6 Å². The summed E-state index contributed by atoms with van der Waals surface area (Å²) in [6, 6.07) is -0.0880. The molecule has 23 heavy (non-hydrogen) atoms. The van der Waals surface area contributed by atoms with E-state index >= 15 is 0 Å². The lowest BCUT2D eigenvalue weighted by Gasteiger charge is -2.36. The molecule has 0 aromatic carbocycles. The highest BCUT2D eigenvalue weighted by Crippen LogP contribution is 2.53. The number of carbonyl (C=O) groups excluding carboxylic acids is 2. The molecular formula is C17H29N3O3. The van der Waals surface area contributed by atoms with Crippen molar-refractivity contribution < 1.29 is 14.7 Å². The zero-order valence-corrected chi connectivity index (χ0v) is 14.1. The highest BCUT2D eigenvalue weighted by atomic mass is 16.3. The number of aliphatic hydroxyl groups is 1. The molecule has 0 unspecified atom stereocenters. The molecule has 2 amide bonds. The zero-order valence-electron chi connectivity index (χ0n) is 14.1. The number of nitrogens with zero attached hydrogens (tertiary/aromatic N) is 2. The van der Waals surface area contributed by atoms with Crippen LogP contribution in [0, 0.1) is 5.41 Å². The molecule has 2 N–H and O–H groups in total. The average molecular weight is 323 g/mol. The Morgan fingerprint density at radius 2 is 2.09 bits per heavy atom. The standard InChI is InChI=1S/C17H29N3O3/c1-13-16(23)19(11-8-18-13)9-3-2-4-15(22)20-10-7-17(5-6-17)14(21)12-20/h13-14,18,21H,2-12H2,1H3/t13-,14+/m0/s1. The molecule has 3 aliphatic rings. The lowest BCUT2D eigenvalue weighted by Crippen LogP contribution is -2.53. The lowest BCUT2D eigenvalue weighted by atomic mass is 9.90. The number of carbonyl (C=O) groups is 2. The van der Waals surface area contributed by atoms with Crippen LogP contribution in [-0.4, -0.2) is 71.6 Å². The van der Waals surface area contributed by atoms with Crippen LogP contribution in [0.25, 0.3) is 0 Å². The van der Waals surface area contributed by atoms with Crippen molar-refractivity contribution in [1.29, 1.82) is 0 Å². The fourth-order valence-corrected chi connectivity index (χ4v) is 3.83. The minimum atomic E-state index is -0.333. The summed E-state index contributed by atoms with van der Waals surface area (Å²) in [5.41, 5.74) is 0.149. The summed E-state index contributed by atoms with van der Waals surface area (Å²) < 4.78 is 0. The summed E-state index contributed by atoms with van der Waals surface area (Å²) in [5, 5.41) is 13.3. The molecule has 1 saturated carbocycles. The van der Waals surface area contributed by atoms with Crippen molar-refractivity contribution in [3.05, 3.63) is 0 Å². The molecule has 130 valence electrons. The number of hydrogen-bond donors (Lipinski definition) is 2. The molecule has 2 aliphatic heterocycles. The van der Waals surface area contributed by atoms with Crippen LogP contribution in [0.3, 0.4) is 0 Å². The van der Waals surface area contributed by atoms with Crippen LogP contribution in [0.5, 0.6) is 0 Å². The van der Waals surface area contributed by atoms with Crippen molar-refractivity contribution in [2.24, 2.45) is 5.41 Å². The van der Waals surface area contributed by atoms with Gasteiger partial charge in [-0.25, -0.2) is 0 Å². The van der Waals surface area contributed by atoms with E-state index in [-0.39, 0.29) is 29.4 Å². The zero-order chi connectivity index (χ0) is 16.4. The number of rotatable bonds is 5. The monoisotopic (exact) mass is 323 g/mol. The van der Waals surface area contributed by atoms with Crippen molar-refractivity contribution in [1.82, 2.24) is 15.1 Å². The fraction of sp³-hybridized carbons (Fsp3) is 0.882. The second-order valence-corrected chi connectivity index (χ2v) is 7.43. The molecule has 2 atom stereocenters. The summed E-state index contributed by atoms with van der Waals surface area (Å²) in [6.07, 6.45) is 5.05. The number of piperazine rings is 1. The number of aliphatic hydroxyl groups excluding tert-OH is 1. The van der Waals surface area contributed by atoms with Gasteiger partial charge in [0.15, 0.2) is 0 Å². The van der Waals surface area contributed by atoms with Gasteiger partial charge in [-0.05, 0) is 44.4 Å². The molecular weight excluding hydrogens is 294 g/mol. The Hall–Kier alpha value is -1.14. The van der Waals surface area contributed by atoms with Crippen molar-refractivity contribution in [2.75, 3.05) is 32.7 Å². The number of hydrogen-bond acceptors (Lipinski definition) is 4. The van der Waals surface area contributed by atoms with Gasteiger partial charge in [0.05, 0.1) is 12.1 Å². The summed E-state index contributed by atoms with van der Waals surface area (Å²) in [6.45, 7) is 5.54. The third kappa shape index (κ3) is 3.69. The van der Waals surface area contributed by atoms with Crippen LogP contribution in [0.2, 0.25) is 0 Å². The van der Waals surface area contributed by atoms with Gasteiger partial charge in [-0.15, -0.1) is 0 Å². The van der Waals surface area contributed by atoms with Gasteiger partial charge < -0.3 is 20.2 Å². The van der Waals surface area contributed by atoms with Gasteiger partial charge in [0.25, 0.3) is 0 Å². The molecule has 6 nitrogen and oxygen atoms in total. The Morgan fingerprint density at radius 1 is 1.30 bits per heavy atom. The van der Waals surface area contributed by atoms with Gasteiger partial charge in [-0.1, -0.05) is 0 Å². The van der Waals surface area contributed by atoms with Crippen LogP contribution >= 0.6 is 0 Å². The molecule has 0 radical (unpaired) electrons. The Morgan fingerprint density at radius 3 is 2.78 bits per heavy atom. The maximum absolute atomic E-state index is 12.3. The Bertz CT molecular complexity index is 464. The summed E-state index contributed by atoms with van der Waals surface area (Å²) in [4.78, 5) is 28.0. The van der Waals surface area contributed by atoms with E-state index in [0.717, 1.165) is 58.3 Å². The van der Waals surface area contributed by atoms with Crippen molar-refractivity contribution in [3.63, 3.8) is 0 Å². The highest BCUT2D eigenvalue weighted by molar-refractivity contribution is 5.82. The van der Waals surface area contributed by atoms with E-state index in [4.69, 9.17) is 0 Å². The van der Waals surface area contributed by atoms with Crippen LogP contribution in [0.15, 0.2) is 0 Å². The highest BCUT2D eigenvalue weighted by Gasteiger charge is 2.51.